The van der Waals surface area contributed by atoms with Gasteiger partial charge in [-0.3, -0.25) is 14.9 Å². The lowest BCUT2D eigenvalue weighted by Gasteiger charge is -2.35. The summed E-state index contributed by atoms with van der Waals surface area (Å²) >= 11 is 0. The van der Waals surface area contributed by atoms with Crippen molar-refractivity contribution >= 4 is 38.1 Å². The maximum absolute atomic E-state index is 13.2. The number of piperazine rings is 1. The zero-order chi connectivity index (χ0) is 22.2. The van der Waals surface area contributed by atoms with Crippen LogP contribution in [0.2, 0.25) is 0 Å². The summed E-state index contributed by atoms with van der Waals surface area (Å²) in [4.78, 5) is 27.6. The highest BCUT2D eigenvalue weighted by Crippen LogP contribution is 2.31. The van der Waals surface area contributed by atoms with Crippen molar-refractivity contribution in [3.05, 3.63) is 70.0 Å². The second-order valence-electron chi connectivity index (χ2n) is 7.50. The molecule has 0 bridgehead atoms. The number of para-hydroxylation sites is 3. The summed E-state index contributed by atoms with van der Waals surface area (Å²) in [5, 5.41) is 11.9. The number of nitrogens with zero attached hydrogens (tertiary/aromatic N) is 3. The average Bonchev–Trinajstić information content (AvgIpc) is 3.10. The average molecular weight is 443 g/mol. The Hall–Kier alpha value is -3.40. The molecule has 0 unspecified atom stereocenters. The van der Waals surface area contributed by atoms with E-state index in [1.807, 2.05) is 4.90 Å². The van der Waals surface area contributed by atoms with Gasteiger partial charge in [0.2, 0.25) is 0 Å². The standard InChI is InChI=1S/C21H21N3O6S/c1-31(28,29)14-16-15-6-2-5-9-19(15)30-20(16)21(25)23-12-10-22(11-13-23)17-7-3-4-8-18(17)24(26)27/h2-9H,10-14H2,1H3. The maximum atomic E-state index is 13.2. The number of sulfone groups is 1. The zero-order valence-electron chi connectivity index (χ0n) is 16.9. The van der Waals surface area contributed by atoms with Crippen molar-refractivity contribution in [2.45, 2.75) is 5.75 Å². The zero-order valence-corrected chi connectivity index (χ0v) is 17.7. The summed E-state index contributed by atoms with van der Waals surface area (Å²) < 4.78 is 29.7. The van der Waals surface area contributed by atoms with E-state index in [1.54, 1.807) is 47.4 Å². The van der Waals surface area contributed by atoms with E-state index in [9.17, 15) is 23.3 Å². The highest BCUT2D eigenvalue weighted by Gasteiger charge is 2.30. The van der Waals surface area contributed by atoms with Gasteiger partial charge in [-0.25, -0.2) is 8.42 Å². The van der Waals surface area contributed by atoms with Crippen molar-refractivity contribution in [3.63, 3.8) is 0 Å². The van der Waals surface area contributed by atoms with Crippen LogP contribution in [-0.2, 0) is 15.6 Å². The number of anilines is 1. The van der Waals surface area contributed by atoms with Crippen molar-refractivity contribution < 1.29 is 22.6 Å². The van der Waals surface area contributed by atoms with E-state index in [-0.39, 0.29) is 23.1 Å². The van der Waals surface area contributed by atoms with E-state index in [0.717, 1.165) is 6.26 Å². The predicted molar refractivity (Wildman–Crippen MR) is 116 cm³/mol. The largest absolute Gasteiger partial charge is 0.451 e. The van der Waals surface area contributed by atoms with Gasteiger partial charge in [-0.1, -0.05) is 30.3 Å². The number of carbonyl (C=O) groups is 1. The minimum Gasteiger partial charge on any atom is -0.451 e. The summed E-state index contributed by atoms with van der Waals surface area (Å²) in [5.41, 5.74) is 1.36. The topological polar surface area (TPSA) is 114 Å². The van der Waals surface area contributed by atoms with E-state index in [0.29, 0.717) is 48.4 Å². The SMILES string of the molecule is CS(=O)(=O)Cc1c(C(=O)N2CCN(c3ccccc3[N+](=O)[O-])CC2)oc2ccccc12. The van der Waals surface area contributed by atoms with Crippen molar-refractivity contribution in [3.8, 4) is 0 Å². The van der Waals surface area contributed by atoms with E-state index in [2.05, 4.69) is 0 Å². The fourth-order valence-corrected chi connectivity index (χ4v) is 4.67. The molecule has 9 nitrogen and oxygen atoms in total. The molecule has 0 aliphatic carbocycles. The number of hydrogen-bond donors (Lipinski definition) is 0. The molecule has 0 N–H and O–H groups in total. The van der Waals surface area contributed by atoms with Crippen molar-refractivity contribution in [2.75, 3.05) is 37.3 Å². The van der Waals surface area contributed by atoms with Crippen LogP contribution in [0.5, 0.6) is 0 Å². The van der Waals surface area contributed by atoms with Crippen LogP contribution < -0.4 is 4.90 Å². The molecule has 4 rings (SSSR count). The Labute approximate surface area is 178 Å². The number of hydrogen-bond acceptors (Lipinski definition) is 7. The summed E-state index contributed by atoms with van der Waals surface area (Å²) in [6.45, 7) is 1.50. The van der Waals surface area contributed by atoms with Crippen LogP contribution in [0.1, 0.15) is 16.1 Å². The lowest BCUT2D eigenvalue weighted by atomic mass is 10.1. The first-order chi connectivity index (χ1) is 14.7. The lowest BCUT2D eigenvalue weighted by molar-refractivity contribution is -0.384. The van der Waals surface area contributed by atoms with Gasteiger partial charge in [-0.05, 0) is 12.1 Å². The van der Waals surface area contributed by atoms with Gasteiger partial charge in [-0.2, -0.15) is 0 Å². The molecule has 1 aliphatic rings. The van der Waals surface area contributed by atoms with E-state index in [4.69, 9.17) is 4.42 Å². The molecule has 1 saturated heterocycles. The van der Waals surface area contributed by atoms with Crippen LogP contribution in [0.15, 0.2) is 52.9 Å². The van der Waals surface area contributed by atoms with E-state index >= 15 is 0 Å². The van der Waals surface area contributed by atoms with Gasteiger partial charge in [0.1, 0.15) is 11.3 Å². The lowest BCUT2D eigenvalue weighted by Crippen LogP contribution is -2.49. The van der Waals surface area contributed by atoms with Crippen molar-refractivity contribution in [1.29, 1.82) is 0 Å². The summed E-state index contributed by atoms with van der Waals surface area (Å²) in [6.07, 6.45) is 1.12. The molecule has 0 saturated carbocycles. The Balaban J connectivity index is 1.58. The fraction of sp³-hybridized carbons (Fsp3) is 0.286. The summed E-state index contributed by atoms with van der Waals surface area (Å²) in [6, 6.07) is 13.5. The number of amides is 1. The molecule has 1 aliphatic heterocycles. The molecule has 2 heterocycles. The van der Waals surface area contributed by atoms with Gasteiger partial charge >= 0.3 is 0 Å². The van der Waals surface area contributed by atoms with Gasteiger partial charge in [-0.15, -0.1) is 0 Å². The van der Waals surface area contributed by atoms with Crippen LogP contribution in [0.25, 0.3) is 11.0 Å². The van der Waals surface area contributed by atoms with Crippen LogP contribution in [0.4, 0.5) is 11.4 Å². The Morgan fingerprint density at radius 3 is 2.39 bits per heavy atom. The van der Waals surface area contributed by atoms with Crippen LogP contribution in [-0.4, -0.2) is 56.6 Å². The minimum absolute atomic E-state index is 0.0231. The van der Waals surface area contributed by atoms with Gasteiger partial charge in [0, 0.05) is 49.5 Å². The van der Waals surface area contributed by atoms with E-state index < -0.39 is 14.8 Å². The Bertz CT molecular complexity index is 1260. The summed E-state index contributed by atoms with van der Waals surface area (Å²) in [7, 11) is -3.39. The molecule has 31 heavy (non-hydrogen) atoms. The van der Waals surface area contributed by atoms with Gasteiger partial charge in [0.25, 0.3) is 11.6 Å². The number of nitro groups is 1. The highest BCUT2D eigenvalue weighted by molar-refractivity contribution is 7.89. The number of rotatable bonds is 5. The Morgan fingerprint density at radius 1 is 1.06 bits per heavy atom. The first-order valence-electron chi connectivity index (χ1n) is 9.70. The van der Waals surface area contributed by atoms with Crippen LogP contribution in [0, 0.1) is 10.1 Å². The third-order valence-electron chi connectivity index (χ3n) is 5.29. The third kappa shape index (κ3) is 4.24. The van der Waals surface area contributed by atoms with Gasteiger partial charge in [0.15, 0.2) is 15.6 Å². The first-order valence-corrected chi connectivity index (χ1v) is 11.8. The molecule has 2 aromatic carbocycles. The van der Waals surface area contributed by atoms with Crippen LogP contribution in [0.3, 0.4) is 0 Å². The third-order valence-corrected chi connectivity index (χ3v) is 6.10. The number of benzene rings is 2. The molecule has 10 heteroatoms. The van der Waals surface area contributed by atoms with Crippen LogP contribution >= 0.6 is 0 Å². The number of carbonyl (C=O) groups excluding carboxylic acids is 1. The molecule has 0 atom stereocenters. The number of nitro benzene ring substituents is 1. The normalized spacial score (nSPS) is 14.7. The second-order valence-corrected chi connectivity index (χ2v) is 9.64. The highest BCUT2D eigenvalue weighted by atomic mass is 32.2. The second kappa shape index (κ2) is 8.03. The predicted octanol–water partition coefficient (Wildman–Crippen LogP) is 2.85. The Morgan fingerprint density at radius 2 is 1.71 bits per heavy atom. The molecule has 0 radical (unpaired) electrons. The van der Waals surface area contributed by atoms with E-state index in [1.165, 1.54) is 6.07 Å². The molecule has 0 spiro atoms. The van der Waals surface area contributed by atoms with Crippen molar-refractivity contribution in [1.82, 2.24) is 4.90 Å². The van der Waals surface area contributed by atoms with Crippen molar-refractivity contribution in [2.24, 2.45) is 0 Å². The Kier molecular flexibility index (Phi) is 5.40. The molecule has 1 fully saturated rings. The molecule has 162 valence electrons. The molecular formula is C21H21N3O6S. The minimum atomic E-state index is -3.39. The number of furan rings is 1. The van der Waals surface area contributed by atoms with Gasteiger partial charge < -0.3 is 14.2 Å². The quantitative estimate of drug-likeness (QED) is 0.440. The number of fused-ring (bicyclic) bond motifs is 1. The smallest absolute Gasteiger partial charge is 0.292 e. The maximum Gasteiger partial charge on any atom is 0.292 e. The first kappa shape index (κ1) is 20.9. The fourth-order valence-electron chi connectivity index (χ4n) is 3.86. The molecule has 1 amide bonds. The molecular weight excluding hydrogens is 422 g/mol. The summed E-state index contributed by atoms with van der Waals surface area (Å²) in [5.74, 6) is -0.635. The molecule has 1 aromatic heterocycles. The monoisotopic (exact) mass is 443 g/mol. The molecule has 3 aromatic rings. The van der Waals surface area contributed by atoms with Gasteiger partial charge in [0.05, 0.1) is 10.7 Å².